The van der Waals surface area contributed by atoms with Gasteiger partial charge in [0.15, 0.2) is 5.76 Å². The number of amides is 1. The Kier molecular flexibility index (Phi) is 5.02. The summed E-state index contributed by atoms with van der Waals surface area (Å²) in [6, 6.07) is 17.0. The first-order valence-corrected chi connectivity index (χ1v) is 9.33. The summed E-state index contributed by atoms with van der Waals surface area (Å²) < 4.78 is 11.5. The summed E-state index contributed by atoms with van der Waals surface area (Å²) in [5.41, 5.74) is 0. The van der Waals surface area contributed by atoms with Gasteiger partial charge in [0, 0.05) is 12.6 Å². The van der Waals surface area contributed by atoms with Crippen molar-refractivity contribution in [1.29, 1.82) is 0 Å². The fourth-order valence-electron chi connectivity index (χ4n) is 3.64. The summed E-state index contributed by atoms with van der Waals surface area (Å²) in [6.07, 6.45) is 1.48. The Morgan fingerprint density at radius 2 is 1.93 bits per heavy atom. The lowest BCUT2D eigenvalue weighted by molar-refractivity contribution is -0.137. The zero-order valence-electron chi connectivity index (χ0n) is 15.3. The Balaban J connectivity index is 1.41. The van der Waals surface area contributed by atoms with E-state index in [0.717, 1.165) is 22.9 Å². The van der Waals surface area contributed by atoms with Gasteiger partial charge in [-0.15, -0.1) is 0 Å². The first-order chi connectivity index (χ1) is 13.6. The highest BCUT2D eigenvalue weighted by Crippen LogP contribution is 2.25. The van der Waals surface area contributed by atoms with Gasteiger partial charge in [0.25, 0.3) is 5.91 Å². The molecule has 6 nitrogen and oxygen atoms in total. The van der Waals surface area contributed by atoms with E-state index in [9.17, 15) is 9.59 Å². The molecule has 3 aromatic rings. The average molecular weight is 379 g/mol. The van der Waals surface area contributed by atoms with Gasteiger partial charge in [-0.05, 0) is 47.9 Å². The quantitative estimate of drug-likeness (QED) is 0.698. The molecule has 4 rings (SSSR count). The predicted molar refractivity (Wildman–Crippen MR) is 103 cm³/mol. The topological polar surface area (TPSA) is 80.0 Å². The van der Waals surface area contributed by atoms with E-state index in [-0.39, 0.29) is 30.7 Å². The number of rotatable bonds is 6. The first kappa shape index (κ1) is 18.1. The Morgan fingerprint density at radius 1 is 1.11 bits per heavy atom. The lowest BCUT2D eigenvalue weighted by Gasteiger charge is -2.22. The smallest absolute Gasteiger partial charge is 0.305 e. The van der Waals surface area contributed by atoms with Crippen LogP contribution in [-0.4, -0.2) is 34.5 Å². The van der Waals surface area contributed by atoms with E-state index in [2.05, 4.69) is 0 Å². The van der Waals surface area contributed by atoms with E-state index in [0.29, 0.717) is 18.7 Å². The number of benzene rings is 2. The molecule has 1 aromatic heterocycles. The fraction of sp³-hybridized carbons (Fsp3) is 0.273. The molecule has 0 spiro atoms. The van der Waals surface area contributed by atoms with Crippen LogP contribution in [0.15, 0.2) is 59.0 Å². The molecule has 1 atom stereocenters. The maximum Gasteiger partial charge on any atom is 0.305 e. The molecule has 28 heavy (non-hydrogen) atoms. The second-order valence-corrected chi connectivity index (χ2v) is 6.96. The molecular weight excluding hydrogens is 358 g/mol. The number of hydrogen-bond donors (Lipinski definition) is 1. The molecule has 0 aliphatic carbocycles. The van der Waals surface area contributed by atoms with Crippen molar-refractivity contribution in [3.8, 4) is 5.75 Å². The molecule has 1 N–H and O–H groups in total. The lowest BCUT2D eigenvalue weighted by atomic mass is 10.1. The van der Waals surface area contributed by atoms with Crippen LogP contribution in [0.3, 0.4) is 0 Å². The van der Waals surface area contributed by atoms with E-state index in [1.165, 1.54) is 0 Å². The number of likely N-dealkylation sites (tertiary alicyclic amines) is 1. The van der Waals surface area contributed by atoms with Crippen molar-refractivity contribution >= 4 is 22.6 Å². The summed E-state index contributed by atoms with van der Waals surface area (Å²) in [4.78, 5) is 25.3. The van der Waals surface area contributed by atoms with Crippen LogP contribution in [0.2, 0.25) is 0 Å². The minimum atomic E-state index is -0.895. The molecule has 1 aliphatic rings. The third-order valence-electron chi connectivity index (χ3n) is 5.02. The van der Waals surface area contributed by atoms with E-state index in [1.807, 2.05) is 42.5 Å². The summed E-state index contributed by atoms with van der Waals surface area (Å²) in [5.74, 6) is 0.332. The van der Waals surface area contributed by atoms with E-state index < -0.39 is 5.97 Å². The zero-order valence-corrected chi connectivity index (χ0v) is 15.3. The maximum atomic E-state index is 12.7. The molecule has 6 heteroatoms. The van der Waals surface area contributed by atoms with Crippen LogP contribution in [-0.2, 0) is 11.4 Å². The summed E-state index contributed by atoms with van der Waals surface area (Å²) >= 11 is 0. The third-order valence-corrected chi connectivity index (χ3v) is 5.02. The largest absolute Gasteiger partial charge is 0.486 e. The van der Waals surface area contributed by atoms with Crippen LogP contribution < -0.4 is 4.74 Å². The highest BCUT2D eigenvalue weighted by Gasteiger charge is 2.32. The molecule has 1 unspecified atom stereocenters. The van der Waals surface area contributed by atoms with Gasteiger partial charge in [0.05, 0.1) is 6.42 Å². The highest BCUT2D eigenvalue weighted by molar-refractivity contribution is 5.92. The van der Waals surface area contributed by atoms with Gasteiger partial charge >= 0.3 is 5.97 Å². The number of aliphatic carboxylic acids is 1. The number of nitrogens with zero attached hydrogens (tertiary/aromatic N) is 1. The van der Waals surface area contributed by atoms with Crippen molar-refractivity contribution in [2.75, 3.05) is 6.54 Å². The zero-order chi connectivity index (χ0) is 19.5. The van der Waals surface area contributed by atoms with Gasteiger partial charge in [-0.25, -0.2) is 0 Å². The number of carboxylic acid groups (broad SMARTS) is 1. The van der Waals surface area contributed by atoms with Crippen molar-refractivity contribution in [3.05, 3.63) is 66.1 Å². The number of carboxylic acids is 1. The van der Waals surface area contributed by atoms with Crippen molar-refractivity contribution in [3.63, 3.8) is 0 Å². The monoisotopic (exact) mass is 379 g/mol. The van der Waals surface area contributed by atoms with Crippen molar-refractivity contribution in [2.45, 2.75) is 31.9 Å². The normalized spacial score (nSPS) is 16.4. The Bertz CT molecular complexity index is 1010. The van der Waals surface area contributed by atoms with Crippen molar-refractivity contribution < 1.29 is 23.8 Å². The second kappa shape index (κ2) is 7.76. The second-order valence-electron chi connectivity index (χ2n) is 6.96. The molecule has 2 aromatic carbocycles. The van der Waals surface area contributed by atoms with Gasteiger partial charge in [0.1, 0.15) is 18.1 Å². The minimum absolute atomic E-state index is 0.0373. The minimum Gasteiger partial charge on any atom is -0.486 e. The molecule has 1 saturated heterocycles. The van der Waals surface area contributed by atoms with Gasteiger partial charge in [-0.3, -0.25) is 9.59 Å². The number of carbonyl (C=O) groups is 2. The number of furan rings is 1. The van der Waals surface area contributed by atoms with Gasteiger partial charge < -0.3 is 19.2 Å². The van der Waals surface area contributed by atoms with Crippen LogP contribution in [0.5, 0.6) is 5.75 Å². The molecule has 2 heterocycles. The summed E-state index contributed by atoms with van der Waals surface area (Å²) in [7, 11) is 0. The number of carbonyl (C=O) groups excluding carboxylic acids is 1. The van der Waals surface area contributed by atoms with Crippen LogP contribution in [0.1, 0.15) is 35.6 Å². The molecule has 1 amide bonds. The predicted octanol–water partition coefficient (Wildman–Crippen LogP) is 4.09. The number of ether oxygens (including phenoxy) is 1. The molecule has 144 valence electrons. The van der Waals surface area contributed by atoms with Crippen molar-refractivity contribution in [1.82, 2.24) is 4.90 Å². The first-order valence-electron chi connectivity index (χ1n) is 9.33. The maximum absolute atomic E-state index is 12.7. The lowest BCUT2D eigenvalue weighted by Crippen LogP contribution is -2.36. The Hall–Kier alpha value is -3.28. The highest BCUT2D eigenvalue weighted by atomic mass is 16.5. The van der Waals surface area contributed by atoms with E-state index in [4.69, 9.17) is 14.3 Å². The van der Waals surface area contributed by atoms with Crippen LogP contribution in [0.25, 0.3) is 10.8 Å². The SMILES string of the molecule is O=C(O)CC1CCCN1C(=O)c1ccc(COc2ccc3ccccc3c2)o1. The van der Waals surface area contributed by atoms with Crippen LogP contribution in [0, 0.1) is 0 Å². The molecule has 1 aliphatic heterocycles. The van der Waals surface area contributed by atoms with Gasteiger partial charge in [-0.1, -0.05) is 30.3 Å². The average Bonchev–Trinajstić information content (AvgIpc) is 3.35. The van der Waals surface area contributed by atoms with E-state index >= 15 is 0 Å². The summed E-state index contributed by atoms with van der Waals surface area (Å²) in [6.45, 7) is 0.768. The third kappa shape index (κ3) is 3.86. The summed E-state index contributed by atoms with van der Waals surface area (Å²) in [5, 5.41) is 11.2. The van der Waals surface area contributed by atoms with Crippen molar-refractivity contribution in [2.24, 2.45) is 0 Å². The molecule has 1 fully saturated rings. The molecular formula is C22H21NO5. The molecule has 0 radical (unpaired) electrons. The van der Waals surface area contributed by atoms with Gasteiger partial charge in [0.2, 0.25) is 0 Å². The standard InChI is InChI=1S/C22H21NO5/c24-21(25)13-17-6-3-11-23(17)22(26)20-10-9-19(28-20)14-27-18-8-7-15-4-1-2-5-16(15)12-18/h1-2,4-5,7-10,12,17H,3,6,11,13-14H2,(H,24,25). The molecule has 0 bridgehead atoms. The van der Waals surface area contributed by atoms with Crippen LogP contribution in [0.4, 0.5) is 0 Å². The van der Waals surface area contributed by atoms with Gasteiger partial charge in [-0.2, -0.15) is 0 Å². The Morgan fingerprint density at radius 3 is 2.75 bits per heavy atom. The molecule has 0 saturated carbocycles. The van der Waals surface area contributed by atoms with E-state index in [1.54, 1.807) is 17.0 Å². The van der Waals surface area contributed by atoms with Crippen LogP contribution >= 0.6 is 0 Å². The number of fused-ring (bicyclic) bond motifs is 1. The number of hydrogen-bond acceptors (Lipinski definition) is 4. The fourth-order valence-corrected chi connectivity index (χ4v) is 3.64. The Labute approximate surface area is 162 Å².